The van der Waals surface area contributed by atoms with Crippen LogP contribution in [0.4, 0.5) is 0 Å². The van der Waals surface area contributed by atoms with Crippen LogP contribution in [0.25, 0.3) is 0 Å². The zero-order valence-electron chi connectivity index (χ0n) is 5.40. The predicted molar refractivity (Wildman–Crippen MR) is 24.0 cm³/mol. The normalized spacial score (nSPS) is 6.00. The number of nitrogens with two attached hydrogens (primary N) is 1. The number of hydrogen-bond acceptors (Lipinski definition) is 2. The summed E-state index contributed by atoms with van der Waals surface area (Å²) < 4.78 is 4.32. The maximum Gasteiger partial charge on any atom is 2.00 e. The Kier molecular flexibility index (Phi) is 16.2. The standard InChI is InChI=1S/C2H7NO.Mg.2H/c1-4-2-3;;;/h2-3H2,1H3;;;/q;+2;2*-1. The van der Waals surface area contributed by atoms with Gasteiger partial charge in [0.05, 0.1) is 6.73 Å². The minimum absolute atomic E-state index is 0. The van der Waals surface area contributed by atoms with Crippen molar-refractivity contribution < 1.29 is 7.59 Å². The van der Waals surface area contributed by atoms with E-state index in [4.69, 9.17) is 5.73 Å². The molecule has 0 fully saturated rings. The topological polar surface area (TPSA) is 35.2 Å². The van der Waals surface area contributed by atoms with Gasteiger partial charge < -0.3 is 13.3 Å². The van der Waals surface area contributed by atoms with Crippen molar-refractivity contribution in [2.75, 3.05) is 13.8 Å². The molecule has 0 atom stereocenters. The molecule has 5 heavy (non-hydrogen) atoms. The molecule has 30 valence electrons. The van der Waals surface area contributed by atoms with Crippen molar-refractivity contribution in [3.63, 3.8) is 0 Å². The molecule has 0 aromatic heterocycles. The van der Waals surface area contributed by atoms with Gasteiger partial charge in [-0.2, -0.15) is 0 Å². The van der Waals surface area contributed by atoms with Crippen molar-refractivity contribution in [1.29, 1.82) is 0 Å². The second-order valence-corrected chi connectivity index (χ2v) is 0.455. The van der Waals surface area contributed by atoms with Gasteiger partial charge in [-0.1, -0.05) is 0 Å². The summed E-state index contributed by atoms with van der Waals surface area (Å²) in [7, 11) is 1.56. The average molecular weight is 87.4 g/mol. The van der Waals surface area contributed by atoms with E-state index in [0.717, 1.165) is 0 Å². The van der Waals surface area contributed by atoms with E-state index in [1.165, 1.54) is 0 Å². The van der Waals surface area contributed by atoms with Gasteiger partial charge in [-0.25, -0.2) is 0 Å². The van der Waals surface area contributed by atoms with E-state index >= 15 is 0 Å². The molecule has 0 aliphatic rings. The van der Waals surface area contributed by atoms with Gasteiger partial charge in [0.1, 0.15) is 0 Å². The van der Waals surface area contributed by atoms with Gasteiger partial charge in [0.25, 0.3) is 0 Å². The van der Waals surface area contributed by atoms with E-state index in [1.54, 1.807) is 7.11 Å². The molecule has 0 amide bonds. The van der Waals surface area contributed by atoms with Crippen molar-refractivity contribution in [3.05, 3.63) is 0 Å². The third-order valence-corrected chi connectivity index (χ3v) is 0.167. The second kappa shape index (κ2) is 8.82. The summed E-state index contributed by atoms with van der Waals surface area (Å²) in [6, 6.07) is 0. The van der Waals surface area contributed by atoms with E-state index < -0.39 is 0 Å². The molecule has 2 N–H and O–H groups in total. The summed E-state index contributed by atoms with van der Waals surface area (Å²) >= 11 is 0. The number of ether oxygens (including phenoxy) is 1. The molecule has 0 saturated heterocycles. The van der Waals surface area contributed by atoms with E-state index in [0.29, 0.717) is 6.73 Å². The zero-order chi connectivity index (χ0) is 3.41. The van der Waals surface area contributed by atoms with Crippen LogP contribution in [-0.2, 0) is 4.74 Å². The van der Waals surface area contributed by atoms with Crippen molar-refractivity contribution in [1.82, 2.24) is 0 Å². The first-order valence-corrected chi connectivity index (χ1v) is 1.11. The molecule has 0 unspecified atom stereocenters. The molecule has 3 heteroatoms. The molecule has 0 spiro atoms. The SMILES string of the molecule is COCN.[H-].[H-].[Mg+2]. The minimum atomic E-state index is 0. The fraction of sp³-hybridized carbons (Fsp3) is 1.00. The maximum absolute atomic E-state index is 4.81. The van der Waals surface area contributed by atoms with Gasteiger partial charge in [-0.3, -0.25) is 0 Å². The van der Waals surface area contributed by atoms with Gasteiger partial charge >= 0.3 is 23.1 Å². The summed E-state index contributed by atoms with van der Waals surface area (Å²) in [5, 5.41) is 0. The Bertz CT molecular complexity index is 17.7. The smallest absolute Gasteiger partial charge is 1.00 e. The first kappa shape index (κ1) is 9.19. The molecule has 0 aliphatic heterocycles. The Morgan fingerprint density at radius 2 is 2.20 bits per heavy atom. The molecule has 0 saturated carbocycles. The van der Waals surface area contributed by atoms with Crippen molar-refractivity contribution >= 4 is 23.1 Å². The molecule has 0 aromatic carbocycles. The second-order valence-electron chi connectivity index (χ2n) is 0.455. The van der Waals surface area contributed by atoms with Crippen LogP contribution < -0.4 is 5.73 Å². The first-order chi connectivity index (χ1) is 1.91. The van der Waals surface area contributed by atoms with Crippen molar-refractivity contribution in [2.24, 2.45) is 5.73 Å². The van der Waals surface area contributed by atoms with E-state index in [9.17, 15) is 0 Å². The van der Waals surface area contributed by atoms with Crippen LogP contribution in [-0.4, -0.2) is 36.9 Å². The molecule has 0 aromatic rings. The summed E-state index contributed by atoms with van der Waals surface area (Å²) in [4.78, 5) is 0. The molecule has 0 rings (SSSR count). The van der Waals surface area contributed by atoms with Gasteiger partial charge in [0.15, 0.2) is 0 Å². The Hall–Kier alpha value is 0.686. The summed E-state index contributed by atoms with van der Waals surface area (Å²) in [5.41, 5.74) is 4.81. The molecular formula is C2H9MgNO. The van der Waals surface area contributed by atoms with E-state index in [2.05, 4.69) is 4.74 Å². The summed E-state index contributed by atoms with van der Waals surface area (Å²) in [6.07, 6.45) is 0. The fourth-order valence-corrected chi connectivity index (χ4v) is 0. The van der Waals surface area contributed by atoms with Crippen LogP contribution in [0.15, 0.2) is 0 Å². The monoisotopic (exact) mass is 87.1 g/mol. The maximum atomic E-state index is 4.81. The van der Waals surface area contributed by atoms with Crippen LogP contribution in [0, 0.1) is 0 Å². The molecule has 0 heterocycles. The molecule has 2 nitrogen and oxygen atoms in total. The van der Waals surface area contributed by atoms with E-state index in [-0.39, 0.29) is 25.9 Å². The summed E-state index contributed by atoms with van der Waals surface area (Å²) in [6.45, 7) is 0.319. The van der Waals surface area contributed by atoms with Crippen molar-refractivity contribution in [3.8, 4) is 0 Å². The molecular weight excluding hydrogens is 78.3 g/mol. The molecule has 0 radical (unpaired) electrons. The molecule has 0 bridgehead atoms. The first-order valence-electron chi connectivity index (χ1n) is 1.11. The fourth-order valence-electron chi connectivity index (χ4n) is 0. The quantitative estimate of drug-likeness (QED) is 0.342. The third kappa shape index (κ3) is 11.9. The van der Waals surface area contributed by atoms with Crippen LogP contribution in [0.5, 0.6) is 0 Å². The van der Waals surface area contributed by atoms with Gasteiger partial charge in [0, 0.05) is 7.11 Å². The van der Waals surface area contributed by atoms with Crippen LogP contribution in [0.1, 0.15) is 2.85 Å². The van der Waals surface area contributed by atoms with Gasteiger partial charge in [-0.05, 0) is 0 Å². The van der Waals surface area contributed by atoms with Crippen LogP contribution in [0.3, 0.4) is 0 Å². The summed E-state index contributed by atoms with van der Waals surface area (Å²) in [5.74, 6) is 0. The third-order valence-electron chi connectivity index (χ3n) is 0.167. The minimum Gasteiger partial charge on any atom is -1.00 e. The Balaban J connectivity index is -0.0000000150. The number of methoxy groups -OCH3 is 1. The number of hydrogen-bond donors (Lipinski definition) is 1. The molecule has 0 aliphatic carbocycles. The van der Waals surface area contributed by atoms with E-state index in [1.807, 2.05) is 0 Å². The predicted octanol–water partition coefficient (Wildman–Crippen LogP) is -0.607. The Labute approximate surface area is 50.8 Å². The van der Waals surface area contributed by atoms with Gasteiger partial charge in [0.2, 0.25) is 0 Å². The largest absolute Gasteiger partial charge is 2.00 e. The van der Waals surface area contributed by atoms with Gasteiger partial charge in [-0.15, -0.1) is 0 Å². The Morgan fingerprint density at radius 1 is 2.00 bits per heavy atom. The average Bonchev–Trinajstić information content (AvgIpc) is 1.37. The van der Waals surface area contributed by atoms with Crippen molar-refractivity contribution in [2.45, 2.75) is 0 Å². The number of rotatable bonds is 1. The van der Waals surface area contributed by atoms with Crippen LogP contribution in [0.2, 0.25) is 0 Å². The van der Waals surface area contributed by atoms with Crippen LogP contribution >= 0.6 is 0 Å². The Morgan fingerprint density at radius 3 is 2.20 bits per heavy atom. The zero-order valence-corrected chi connectivity index (χ0v) is 4.81.